The summed E-state index contributed by atoms with van der Waals surface area (Å²) < 4.78 is 0. The third-order valence-electron chi connectivity index (χ3n) is 2.30. The molecule has 1 aromatic carbocycles. The Labute approximate surface area is 102 Å². The summed E-state index contributed by atoms with van der Waals surface area (Å²) in [6.45, 7) is 5.01. The Bertz CT molecular complexity index is 302. The zero-order valence-electron chi connectivity index (χ0n) is 9.70. The van der Waals surface area contributed by atoms with Gasteiger partial charge in [0, 0.05) is 29.3 Å². The molecule has 0 amide bonds. The van der Waals surface area contributed by atoms with Gasteiger partial charge in [0.2, 0.25) is 0 Å². The summed E-state index contributed by atoms with van der Waals surface area (Å²) in [6.07, 6.45) is 0. The van der Waals surface area contributed by atoms with Crippen molar-refractivity contribution in [1.82, 2.24) is 5.32 Å². The van der Waals surface area contributed by atoms with Gasteiger partial charge in [0.05, 0.1) is 6.61 Å². The molecule has 0 heterocycles. The molecular weight excluding hydrogens is 224 g/mol. The molecule has 0 saturated carbocycles. The molecule has 16 heavy (non-hydrogen) atoms. The third-order valence-corrected chi connectivity index (χ3v) is 2.55. The molecule has 2 unspecified atom stereocenters. The Balaban J connectivity index is 2.31. The first-order valence-electron chi connectivity index (χ1n) is 5.48. The number of hydrogen-bond acceptors (Lipinski definition) is 3. The number of rotatable bonds is 6. The van der Waals surface area contributed by atoms with Crippen LogP contribution < -0.4 is 10.6 Å². The predicted octanol–water partition coefficient (Wildman–Crippen LogP) is 2.11. The number of aliphatic hydroxyl groups excluding tert-OH is 1. The van der Waals surface area contributed by atoms with Crippen molar-refractivity contribution in [3.05, 3.63) is 29.3 Å². The van der Waals surface area contributed by atoms with Crippen LogP contribution in [0.4, 0.5) is 5.69 Å². The summed E-state index contributed by atoms with van der Waals surface area (Å²) in [7, 11) is 0. The van der Waals surface area contributed by atoms with Gasteiger partial charge in [-0.1, -0.05) is 11.6 Å². The smallest absolute Gasteiger partial charge is 0.0582 e. The van der Waals surface area contributed by atoms with Crippen molar-refractivity contribution in [3.63, 3.8) is 0 Å². The Morgan fingerprint density at radius 3 is 2.38 bits per heavy atom. The molecule has 3 nitrogen and oxygen atoms in total. The molecule has 0 spiro atoms. The minimum Gasteiger partial charge on any atom is -0.395 e. The monoisotopic (exact) mass is 242 g/mol. The van der Waals surface area contributed by atoms with Crippen molar-refractivity contribution in [3.8, 4) is 0 Å². The third kappa shape index (κ3) is 4.84. The van der Waals surface area contributed by atoms with Crippen LogP contribution in [0.3, 0.4) is 0 Å². The van der Waals surface area contributed by atoms with Crippen molar-refractivity contribution < 1.29 is 5.11 Å². The average molecular weight is 243 g/mol. The summed E-state index contributed by atoms with van der Waals surface area (Å²) in [5, 5.41) is 16.2. The molecule has 0 aliphatic carbocycles. The van der Waals surface area contributed by atoms with Crippen LogP contribution in [0.15, 0.2) is 24.3 Å². The van der Waals surface area contributed by atoms with Gasteiger partial charge in [-0.05, 0) is 38.1 Å². The maximum atomic E-state index is 8.90. The molecule has 0 aliphatic heterocycles. The van der Waals surface area contributed by atoms with E-state index < -0.39 is 0 Å². The second kappa shape index (κ2) is 6.74. The van der Waals surface area contributed by atoms with Crippen LogP contribution in [0.5, 0.6) is 0 Å². The molecular formula is C12H19ClN2O. The Morgan fingerprint density at radius 2 is 1.81 bits per heavy atom. The molecule has 3 N–H and O–H groups in total. The Morgan fingerprint density at radius 1 is 1.19 bits per heavy atom. The van der Waals surface area contributed by atoms with Crippen LogP contribution in [-0.2, 0) is 0 Å². The van der Waals surface area contributed by atoms with E-state index in [1.165, 1.54) is 0 Å². The van der Waals surface area contributed by atoms with Crippen molar-refractivity contribution in [1.29, 1.82) is 0 Å². The lowest BCUT2D eigenvalue weighted by Gasteiger charge is -2.19. The Hall–Kier alpha value is -0.770. The minimum absolute atomic E-state index is 0.127. The molecule has 0 bridgehead atoms. The summed E-state index contributed by atoms with van der Waals surface area (Å²) >= 11 is 5.79. The number of halogens is 1. The normalized spacial score (nSPS) is 14.5. The van der Waals surface area contributed by atoms with Gasteiger partial charge in [0.1, 0.15) is 0 Å². The van der Waals surface area contributed by atoms with E-state index in [0.29, 0.717) is 6.04 Å². The van der Waals surface area contributed by atoms with Crippen LogP contribution in [0.25, 0.3) is 0 Å². The largest absolute Gasteiger partial charge is 0.395 e. The fraction of sp³-hybridized carbons (Fsp3) is 0.500. The lowest BCUT2D eigenvalue weighted by molar-refractivity contribution is 0.244. The van der Waals surface area contributed by atoms with Gasteiger partial charge in [-0.2, -0.15) is 0 Å². The first-order chi connectivity index (χ1) is 7.61. The highest BCUT2D eigenvalue weighted by Crippen LogP contribution is 2.13. The van der Waals surface area contributed by atoms with E-state index >= 15 is 0 Å². The quantitative estimate of drug-likeness (QED) is 0.716. The maximum Gasteiger partial charge on any atom is 0.0582 e. The highest BCUT2D eigenvalue weighted by molar-refractivity contribution is 6.30. The Kier molecular flexibility index (Phi) is 5.60. The number of benzene rings is 1. The second-order valence-electron chi connectivity index (χ2n) is 4.04. The molecule has 0 aromatic heterocycles. The van der Waals surface area contributed by atoms with Crippen molar-refractivity contribution in [2.24, 2.45) is 0 Å². The first-order valence-corrected chi connectivity index (χ1v) is 5.86. The highest BCUT2D eigenvalue weighted by Gasteiger charge is 2.05. The van der Waals surface area contributed by atoms with Crippen LogP contribution >= 0.6 is 11.6 Å². The van der Waals surface area contributed by atoms with Gasteiger partial charge in [0.15, 0.2) is 0 Å². The molecule has 2 atom stereocenters. The molecule has 1 rings (SSSR count). The van der Waals surface area contributed by atoms with Gasteiger partial charge in [-0.25, -0.2) is 0 Å². The van der Waals surface area contributed by atoms with Crippen molar-refractivity contribution in [2.75, 3.05) is 18.5 Å². The molecule has 0 aliphatic rings. The first kappa shape index (κ1) is 13.3. The molecule has 0 radical (unpaired) electrons. The number of hydrogen-bond donors (Lipinski definition) is 3. The number of aliphatic hydroxyl groups is 1. The molecule has 0 saturated heterocycles. The number of anilines is 1. The zero-order chi connectivity index (χ0) is 12.0. The predicted molar refractivity (Wildman–Crippen MR) is 69.1 cm³/mol. The van der Waals surface area contributed by atoms with Crippen molar-refractivity contribution >= 4 is 17.3 Å². The lowest BCUT2D eigenvalue weighted by atomic mass is 10.2. The molecule has 4 heteroatoms. The summed E-state index contributed by atoms with van der Waals surface area (Å²) in [5.41, 5.74) is 1.05. The molecule has 0 fully saturated rings. The zero-order valence-corrected chi connectivity index (χ0v) is 10.5. The minimum atomic E-state index is 0.127. The second-order valence-corrected chi connectivity index (χ2v) is 4.48. The fourth-order valence-corrected chi connectivity index (χ4v) is 1.56. The van der Waals surface area contributed by atoms with Gasteiger partial charge < -0.3 is 15.7 Å². The molecule has 90 valence electrons. The summed E-state index contributed by atoms with van der Waals surface area (Å²) in [6, 6.07) is 8.05. The van der Waals surface area contributed by atoms with Crippen LogP contribution in [0.2, 0.25) is 5.02 Å². The van der Waals surface area contributed by atoms with E-state index in [-0.39, 0.29) is 12.6 Å². The van der Waals surface area contributed by atoms with E-state index in [4.69, 9.17) is 16.7 Å². The van der Waals surface area contributed by atoms with E-state index in [2.05, 4.69) is 17.6 Å². The van der Waals surface area contributed by atoms with Crippen LogP contribution in [0, 0.1) is 0 Å². The van der Waals surface area contributed by atoms with E-state index in [1.54, 1.807) is 0 Å². The fourth-order valence-electron chi connectivity index (χ4n) is 1.44. The van der Waals surface area contributed by atoms with Gasteiger partial charge >= 0.3 is 0 Å². The standard InChI is InChI=1S/C12H19ClN2O/c1-9(15-10(2)8-16)7-14-12-5-3-11(13)4-6-12/h3-6,9-10,14-16H,7-8H2,1-2H3. The van der Waals surface area contributed by atoms with Crippen LogP contribution in [-0.4, -0.2) is 30.3 Å². The average Bonchev–Trinajstić information content (AvgIpc) is 2.28. The van der Waals surface area contributed by atoms with Gasteiger partial charge in [-0.15, -0.1) is 0 Å². The topological polar surface area (TPSA) is 44.3 Å². The van der Waals surface area contributed by atoms with Gasteiger partial charge in [0.25, 0.3) is 0 Å². The molecule has 1 aromatic rings. The van der Waals surface area contributed by atoms with E-state index in [9.17, 15) is 0 Å². The number of nitrogens with one attached hydrogen (secondary N) is 2. The summed E-state index contributed by atoms with van der Waals surface area (Å²) in [4.78, 5) is 0. The van der Waals surface area contributed by atoms with E-state index in [0.717, 1.165) is 17.3 Å². The lowest BCUT2D eigenvalue weighted by Crippen LogP contribution is -2.40. The maximum absolute atomic E-state index is 8.90. The van der Waals surface area contributed by atoms with Gasteiger partial charge in [-0.3, -0.25) is 0 Å². The van der Waals surface area contributed by atoms with E-state index in [1.807, 2.05) is 31.2 Å². The summed E-state index contributed by atoms with van der Waals surface area (Å²) in [5.74, 6) is 0. The highest BCUT2D eigenvalue weighted by atomic mass is 35.5. The SMILES string of the molecule is CC(CO)NC(C)CNc1ccc(Cl)cc1. The van der Waals surface area contributed by atoms with Crippen LogP contribution in [0.1, 0.15) is 13.8 Å². The van der Waals surface area contributed by atoms with Crippen molar-refractivity contribution in [2.45, 2.75) is 25.9 Å².